The Morgan fingerprint density at radius 1 is 1.69 bits per heavy atom. The van der Waals surface area contributed by atoms with Gasteiger partial charge in [-0.05, 0) is 32.2 Å². The van der Waals surface area contributed by atoms with E-state index in [4.69, 9.17) is 5.73 Å². The van der Waals surface area contributed by atoms with Crippen molar-refractivity contribution in [2.24, 2.45) is 11.7 Å². The lowest BCUT2D eigenvalue weighted by Crippen LogP contribution is -2.47. The first kappa shape index (κ1) is 11.5. The van der Waals surface area contributed by atoms with E-state index in [9.17, 15) is 4.79 Å². The quantitative estimate of drug-likeness (QED) is 0.847. The Morgan fingerprint density at radius 2 is 2.50 bits per heavy atom. The maximum Gasteiger partial charge on any atom is 0.273 e. The van der Waals surface area contributed by atoms with Gasteiger partial charge in [0.2, 0.25) is 0 Å². The van der Waals surface area contributed by atoms with Crippen molar-refractivity contribution >= 4 is 17.2 Å². The van der Waals surface area contributed by atoms with Crippen LogP contribution in [0.5, 0.6) is 0 Å². The Kier molecular flexibility index (Phi) is 3.56. The van der Waals surface area contributed by atoms with Crippen LogP contribution >= 0.6 is 11.3 Å². The number of nitrogens with two attached hydrogens (primary N) is 1. The van der Waals surface area contributed by atoms with Gasteiger partial charge in [0.15, 0.2) is 0 Å². The number of hydrogen-bond acceptors (Lipinski definition) is 4. The van der Waals surface area contributed by atoms with Crippen LogP contribution in [-0.2, 0) is 0 Å². The van der Waals surface area contributed by atoms with Gasteiger partial charge in [0.1, 0.15) is 5.69 Å². The molecule has 1 aromatic rings. The van der Waals surface area contributed by atoms with Crippen LogP contribution in [0.4, 0.5) is 0 Å². The Morgan fingerprint density at radius 3 is 3.12 bits per heavy atom. The highest BCUT2D eigenvalue weighted by Crippen LogP contribution is 2.22. The molecule has 0 radical (unpaired) electrons. The lowest BCUT2D eigenvalue weighted by atomic mass is 9.93. The van der Waals surface area contributed by atoms with Crippen LogP contribution in [0.1, 0.15) is 30.3 Å². The van der Waals surface area contributed by atoms with Crippen LogP contribution in [0.25, 0.3) is 0 Å². The van der Waals surface area contributed by atoms with Crippen LogP contribution in [0.3, 0.4) is 0 Å². The van der Waals surface area contributed by atoms with Crippen molar-refractivity contribution in [3.63, 3.8) is 0 Å². The summed E-state index contributed by atoms with van der Waals surface area (Å²) in [7, 11) is 0. The lowest BCUT2D eigenvalue weighted by molar-refractivity contribution is 0.0561. The minimum atomic E-state index is 0.0481. The molecule has 2 heterocycles. The number of carbonyl (C=O) groups is 1. The standard InChI is InChI=1S/C11H17N3OS/c1-8-2-3-9(4-12)5-14(8)11(15)10-6-16-7-13-10/h6-9H,2-5,12H2,1H3. The number of piperidine rings is 1. The molecule has 16 heavy (non-hydrogen) atoms. The summed E-state index contributed by atoms with van der Waals surface area (Å²) in [5.41, 5.74) is 7.94. The highest BCUT2D eigenvalue weighted by molar-refractivity contribution is 7.07. The van der Waals surface area contributed by atoms with Crippen molar-refractivity contribution in [3.8, 4) is 0 Å². The highest BCUT2D eigenvalue weighted by atomic mass is 32.1. The molecule has 0 saturated carbocycles. The van der Waals surface area contributed by atoms with E-state index in [0.717, 1.165) is 19.4 Å². The average molecular weight is 239 g/mol. The summed E-state index contributed by atoms with van der Waals surface area (Å²) in [6.07, 6.45) is 2.16. The van der Waals surface area contributed by atoms with E-state index in [1.165, 1.54) is 11.3 Å². The molecule has 2 atom stereocenters. The summed E-state index contributed by atoms with van der Waals surface area (Å²) in [5.74, 6) is 0.491. The van der Waals surface area contributed by atoms with Crippen molar-refractivity contribution in [3.05, 3.63) is 16.6 Å². The zero-order valence-electron chi connectivity index (χ0n) is 9.43. The fourth-order valence-electron chi connectivity index (χ4n) is 2.12. The number of thiazole rings is 1. The van der Waals surface area contributed by atoms with E-state index >= 15 is 0 Å². The number of amides is 1. The maximum absolute atomic E-state index is 12.2. The first-order valence-corrected chi connectivity index (χ1v) is 6.56. The fraction of sp³-hybridized carbons (Fsp3) is 0.636. The Hall–Kier alpha value is -0.940. The predicted molar refractivity (Wildman–Crippen MR) is 64.4 cm³/mol. The molecule has 1 aromatic heterocycles. The van der Waals surface area contributed by atoms with Crippen LogP contribution < -0.4 is 5.73 Å². The predicted octanol–water partition coefficient (Wildman–Crippen LogP) is 1.34. The third-order valence-electron chi connectivity index (χ3n) is 3.23. The van der Waals surface area contributed by atoms with Crippen molar-refractivity contribution in [2.75, 3.05) is 13.1 Å². The molecule has 0 bridgehead atoms. The monoisotopic (exact) mass is 239 g/mol. The van der Waals surface area contributed by atoms with Crippen molar-refractivity contribution in [1.29, 1.82) is 0 Å². The van der Waals surface area contributed by atoms with Crippen molar-refractivity contribution in [2.45, 2.75) is 25.8 Å². The van der Waals surface area contributed by atoms with Crippen LogP contribution in [0.15, 0.2) is 10.9 Å². The van der Waals surface area contributed by atoms with E-state index in [0.29, 0.717) is 24.2 Å². The first-order valence-electron chi connectivity index (χ1n) is 5.61. The molecule has 5 heteroatoms. The van der Waals surface area contributed by atoms with Crippen LogP contribution in [0, 0.1) is 5.92 Å². The van der Waals surface area contributed by atoms with Gasteiger partial charge in [-0.3, -0.25) is 4.79 Å². The second-order valence-corrected chi connectivity index (χ2v) is 5.08. The minimum Gasteiger partial charge on any atom is -0.334 e. The van der Waals surface area contributed by atoms with Gasteiger partial charge in [0.25, 0.3) is 5.91 Å². The van der Waals surface area contributed by atoms with E-state index in [1.54, 1.807) is 10.9 Å². The normalized spacial score (nSPS) is 25.8. The molecular weight excluding hydrogens is 222 g/mol. The summed E-state index contributed by atoms with van der Waals surface area (Å²) in [4.78, 5) is 18.1. The van der Waals surface area contributed by atoms with E-state index in [-0.39, 0.29) is 5.91 Å². The minimum absolute atomic E-state index is 0.0481. The summed E-state index contributed by atoms with van der Waals surface area (Å²) >= 11 is 1.46. The topological polar surface area (TPSA) is 59.2 Å². The smallest absolute Gasteiger partial charge is 0.273 e. The number of carbonyl (C=O) groups excluding carboxylic acids is 1. The van der Waals surface area contributed by atoms with Gasteiger partial charge in [0, 0.05) is 18.0 Å². The van der Waals surface area contributed by atoms with Gasteiger partial charge >= 0.3 is 0 Å². The second-order valence-electron chi connectivity index (χ2n) is 4.36. The molecule has 0 aromatic carbocycles. The zero-order chi connectivity index (χ0) is 11.5. The molecule has 2 rings (SSSR count). The maximum atomic E-state index is 12.2. The molecule has 1 aliphatic rings. The summed E-state index contributed by atoms with van der Waals surface area (Å²) < 4.78 is 0. The SMILES string of the molecule is CC1CCC(CN)CN1C(=O)c1cscn1. The van der Waals surface area contributed by atoms with Gasteiger partial charge in [-0.25, -0.2) is 4.98 Å². The molecule has 1 fully saturated rings. The van der Waals surface area contributed by atoms with Crippen LogP contribution in [-0.4, -0.2) is 34.9 Å². The average Bonchev–Trinajstić information content (AvgIpc) is 2.82. The molecular formula is C11H17N3OS. The molecule has 0 aliphatic carbocycles. The number of aromatic nitrogens is 1. The molecule has 1 amide bonds. The number of nitrogens with zero attached hydrogens (tertiary/aromatic N) is 2. The van der Waals surface area contributed by atoms with Gasteiger partial charge in [-0.1, -0.05) is 0 Å². The zero-order valence-corrected chi connectivity index (χ0v) is 10.2. The first-order chi connectivity index (χ1) is 7.72. The van der Waals surface area contributed by atoms with Gasteiger partial charge in [0.05, 0.1) is 5.51 Å². The number of likely N-dealkylation sites (tertiary alicyclic amines) is 1. The summed E-state index contributed by atoms with van der Waals surface area (Å²) in [5, 5.41) is 1.81. The Bertz CT molecular complexity index is 352. The van der Waals surface area contributed by atoms with E-state index in [1.807, 2.05) is 4.90 Å². The molecule has 1 aliphatic heterocycles. The van der Waals surface area contributed by atoms with E-state index in [2.05, 4.69) is 11.9 Å². The summed E-state index contributed by atoms with van der Waals surface area (Å²) in [6, 6.07) is 0.303. The molecule has 2 unspecified atom stereocenters. The highest BCUT2D eigenvalue weighted by Gasteiger charge is 2.29. The fourth-order valence-corrected chi connectivity index (χ4v) is 2.65. The van der Waals surface area contributed by atoms with Crippen LogP contribution in [0.2, 0.25) is 0 Å². The molecule has 0 spiro atoms. The number of hydrogen-bond donors (Lipinski definition) is 1. The molecule has 88 valence electrons. The van der Waals surface area contributed by atoms with Crippen molar-refractivity contribution < 1.29 is 4.79 Å². The molecule has 1 saturated heterocycles. The second kappa shape index (κ2) is 4.93. The van der Waals surface area contributed by atoms with Gasteiger partial charge in [-0.2, -0.15) is 0 Å². The Labute approximate surface area is 99.5 Å². The van der Waals surface area contributed by atoms with E-state index < -0.39 is 0 Å². The molecule has 2 N–H and O–H groups in total. The Balaban J connectivity index is 2.09. The van der Waals surface area contributed by atoms with Gasteiger partial charge in [-0.15, -0.1) is 11.3 Å². The van der Waals surface area contributed by atoms with Crippen molar-refractivity contribution in [1.82, 2.24) is 9.88 Å². The van der Waals surface area contributed by atoms with Gasteiger partial charge < -0.3 is 10.6 Å². The lowest BCUT2D eigenvalue weighted by Gasteiger charge is -2.37. The third-order valence-corrected chi connectivity index (χ3v) is 3.81. The number of rotatable bonds is 2. The summed E-state index contributed by atoms with van der Waals surface area (Å²) in [6.45, 7) is 3.53. The third kappa shape index (κ3) is 2.25. The largest absolute Gasteiger partial charge is 0.334 e. The molecule has 4 nitrogen and oxygen atoms in total.